The van der Waals surface area contributed by atoms with Gasteiger partial charge >= 0.3 is 0 Å². The molecule has 3 nitrogen and oxygen atoms in total. The molecule has 1 aliphatic heterocycles. The molecule has 3 aliphatic rings. The molecule has 2 aliphatic carbocycles. The van der Waals surface area contributed by atoms with Crippen LogP contribution in [-0.4, -0.2) is 24.0 Å². The number of carbonyl (C=O) groups is 1. The second-order valence-corrected chi connectivity index (χ2v) is 8.48. The topological polar surface area (TPSA) is 41.1 Å². The van der Waals surface area contributed by atoms with Gasteiger partial charge in [0, 0.05) is 12.1 Å². The molecule has 0 bridgehead atoms. The third kappa shape index (κ3) is 3.50. The molecule has 3 rings (SSSR count). The number of carbonyl (C=O) groups excluding carboxylic acids is 1. The largest absolute Gasteiger partial charge is 0.352 e. The number of rotatable bonds is 3. The predicted molar refractivity (Wildman–Crippen MR) is 90.6 cm³/mol. The standard InChI is InChI=1S/C19H34N2O/c1-12-6-4-8-15(10-12)14(3)20-19(22)17-11-16-9-5-7-13(2)18(16)21-17/h12-18,21H,4-11H2,1-3H3,(H,20,22)/t12?,13?,14-,15?,16?,17?,18?/m1/s1. The zero-order valence-electron chi connectivity index (χ0n) is 14.6. The fourth-order valence-electron chi connectivity index (χ4n) is 5.25. The second-order valence-electron chi connectivity index (χ2n) is 8.48. The van der Waals surface area contributed by atoms with Gasteiger partial charge in [-0.3, -0.25) is 4.79 Å². The maximum absolute atomic E-state index is 12.7. The lowest BCUT2D eigenvalue weighted by Crippen LogP contribution is -2.49. The van der Waals surface area contributed by atoms with Crippen LogP contribution < -0.4 is 10.6 Å². The fourth-order valence-corrected chi connectivity index (χ4v) is 5.25. The number of fused-ring (bicyclic) bond motifs is 1. The number of amides is 1. The van der Waals surface area contributed by atoms with E-state index in [1.54, 1.807) is 0 Å². The van der Waals surface area contributed by atoms with Gasteiger partial charge in [0.2, 0.25) is 5.91 Å². The Morgan fingerprint density at radius 2 is 1.86 bits per heavy atom. The molecular formula is C19H34N2O. The first-order valence-corrected chi connectivity index (χ1v) is 9.61. The van der Waals surface area contributed by atoms with Crippen LogP contribution in [-0.2, 0) is 4.79 Å². The molecule has 1 amide bonds. The highest BCUT2D eigenvalue weighted by atomic mass is 16.2. The quantitative estimate of drug-likeness (QED) is 0.838. The van der Waals surface area contributed by atoms with Gasteiger partial charge in [-0.15, -0.1) is 0 Å². The minimum Gasteiger partial charge on any atom is -0.352 e. The van der Waals surface area contributed by atoms with Gasteiger partial charge in [0.1, 0.15) is 0 Å². The summed E-state index contributed by atoms with van der Waals surface area (Å²) in [4.78, 5) is 12.7. The van der Waals surface area contributed by atoms with Gasteiger partial charge in [-0.25, -0.2) is 0 Å². The molecule has 3 fully saturated rings. The molecule has 3 heteroatoms. The molecule has 0 aromatic heterocycles. The SMILES string of the molecule is CC1CCCC([C@@H](C)NC(=O)C2CC3CCCC(C)C3N2)C1. The van der Waals surface area contributed by atoms with Crippen molar-refractivity contribution in [1.82, 2.24) is 10.6 Å². The van der Waals surface area contributed by atoms with Crippen molar-refractivity contribution in [1.29, 1.82) is 0 Å². The van der Waals surface area contributed by atoms with Crippen molar-refractivity contribution < 1.29 is 4.79 Å². The number of nitrogens with one attached hydrogen (secondary N) is 2. The summed E-state index contributed by atoms with van der Waals surface area (Å²) >= 11 is 0. The van der Waals surface area contributed by atoms with Gasteiger partial charge in [-0.2, -0.15) is 0 Å². The molecule has 22 heavy (non-hydrogen) atoms. The highest BCUT2D eigenvalue weighted by Crippen LogP contribution is 2.37. The minimum atomic E-state index is 0.0546. The summed E-state index contributed by atoms with van der Waals surface area (Å²) in [5.41, 5.74) is 0. The molecule has 2 N–H and O–H groups in total. The van der Waals surface area contributed by atoms with Crippen LogP contribution >= 0.6 is 0 Å². The van der Waals surface area contributed by atoms with Gasteiger partial charge in [0.25, 0.3) is 0 Å². The summed E-state index contributed by atoms with van der Waals surface area (Å²) in [6.45, 7) is 6.91. The Balaban J connectivity index is 1.51. The summed E-state index contributed by atoms with van der Waals surface area (Å²) in [7, 11) is 0. The van der Waals surface area contributed by atoms with E-state index >= 15 is 0 Å². The molecule has 0 aromatic carbocycles. The van der Waals surface area contributed by atoms with Gasteiger partial charge in [0.05, 0.1) is 6.04 Å². The van der Waals surface area contributed by atoms with E-state index in [0.717, 1.165) is 24.2 Å². The van der Waals surface area contributed by atoms with Crippen molar-refractivity contribution in [2.75, 3.05) is 0 Å². The van der Waals surface area contributed by atoms with Crippen molar-refractivity contribution in [3.05, 3.63) is 0 Å². The Bertz CT molecular complexity index is 397. The maximum Gasteiger partial charge on any atom is 0.237 e. The Morgan fingerprint density at radius 3 is 2.59 bits per heavy atom. The monoisotopic (exact) mass is 306 g/mol. The van der Waals surface area contributed by atoms with E-state index < -0.39 is 0 Å². The van der Waals surface area contributed by atoms with Crippen LogP contribution in [0.15, 0.2) is 0 Å². The predicted octanol–water partition coefficient (Wildman–Crippen LogP) is 3.48. The third-order valence-electron chi connectivity index (χ3n) is 6.66. The zero-order chi connectivity index (χ0) is 15.7. The first-order valence-electron chi connectivity index (χ1n) is 9.61. The molecule has 7 atom stereocenters. The summed E-state index contributed by atoms with van der Waals surface area (Å²) in [6, 6.07) is 0.964. The van der Waals surface area contributed by atoms with E-state index in [9.17, 15) is 4.79 Å². The molecule has 1 heterocycles. The van der Waals surface area contributed by atoms with E-state index in [1.165, 1.54) is 44.9 Å². The lowest BCUT2D eigenvalue weighted by molar-refractivity contribution is -0.124. The van der Waals surface area contributed by atoms with E-state index in [4.69, 9.17) is 0 Å². The van der Waals surface area contributed by atoms with Crippen LogP contribution in [0.3, 0.4) is 0 Å². The van der Waals surface area contributed by atoms with Crippen LogP contribution in [0.4, 0.5) is 0 Å². The van der Waals surface area contributed by atoms with Crippen LogP contribution in [0.25, 0.3) is 0 Å². The van der Waals surface area contributed by atoms with Crippen molar-refractivity contribution in [2.45, 2.75) is 90.3 Å². The van der Waals surface area contributed by atoms with Gasteiger partial charge in [0.15, 0.2) is 0 Å². The molecule has 6 unspecified atom stereocenters. The van der Waals surface area contributed by atoms with E-state index in [1.807, 2.05) is 0 Å². The average Bonchev–Trinajstić information content (AvgIpc) is 2.93. The molecule has 1 saturated heterocycles. The minimum absolute atomic E-state index is 0.0546. The average molecular weight is 306 g/mol. The smallest absolute Gasteiger partial charge is 0.237 e. The fraction of sp³-hybridized carbons (Fsp3) is 0.947. The highest BCUT2D eigenvalue weighted by Gasteiger charge is 2.41. The molecule has 2 saturated carbocycles. The normalized spacial score (nSPS) is 43.4. The molecule has 0 radical (unpaired) electrons. The van der Waals surface area contributed by atoms with Crippen molar-refractivity contribution in [3.63, 3.8) is 0 Å². The first-order chi connectivity index (χ1) is 10.5. The summed E-state index contributed by atoms with van der Waals surface area (Å²) < 4.78 is 0. The van der Waals surface area contributed by atoms with Crippen molar-refractivity contribution in [3.8, 4) is 0 Å². The molecular weight excluding hydrogens is 272 g/mol. The second kappa shape index (κ2) is 6.90. The number of hydrogen-bond donors (Lipinski definition) is 2. The third-order valence-corrected chi connectivity index (χ3v) is 6.66. The molecule has 126 valence electrons. The molecule has 0 spiro atoms. The van der Waals surface area contributed by atoms with Gasteiger partial charge in [-0.1, -0.05) is 33.1 Å². The Kier molecular flexibility index (Phi) is 5.11. The number of hydrogen-bond acceptors (Lipinski definition) is 2. The lowest BCUT2D eigenvalue weighted by atomic mass is 9.78. The Morgan fingerprint density at radius 1 is 1.09 bits per heavy atom. The van der Waals surface area contributed by atoms with Gasteiger partial charge < -0.3 is 10.6 Å². The summed E-state index contributed by atoms with van der Waals surface area (Å²) in [5, 5.41) is 6.98. The Hall–Kier alpha value is -0.570. The van der Waals surface area contributed by atoms with E-state index in [0.29, 0.717) is 18.0 Å². The zero-order valence-corrected chi connectivity index (χ0v) is 14.6. The summed E-state index contributed by atoms with van der Waals surface area (Å²) in [6.07, 6.45) is 10.3. The first kappa shape index (κ1) is 16.3. The van der Waals surface area contributed by atoms with Crippen LogP contribution in [0.2, 0.25) is 0 Å². The van der Waals surface area contributed by atoms with Crippen LogP contribution in [0.5, 0.6) is 0 Å². The van der Waals surface area contributed by atoms with E-state index in [2.05, 4.69) is 31.4 Å². The maximum atomic E-state index is 12.7. The Labute approximate surface area is 136 Å². The lowest BCUT2D eigenvalue weighted by Gasteiger charge is -2.32. The molecule has 0 aromatic rings. The van der Waals surface area contributed by atoms with Gasteiger partial charge in [-0.05, 0) is 62.7 Å². The van der Waals surface area contributed by atoms with Crippen molar-refractivity contribution >= 4 is 5.91 Å². The summed E-state index contributed by atoms with van der Waals surface area (Å²) in [5.74, 6) is 3.21. The van der Waals surface area contributed by atoms with Crippen LogP contribution in [0, 0.1) is 23.7 Å². The van der Waals surface area contributed by atoms with E-state index in [-0.39, 0.29) is 11.9 Å². The van der Waals surface area contributed by atoms with Crippen molar-refractivity contribution in [2.24, 2.45) is 23.7 Å². The van der Waals surface area contributed by atoms with Crippen LogP contribution in [0.1, 0.15) is 72.1 Å². The highest BCUT2D eigenvalue weighted by molar-refractivity contribution is 5.82.